The summed E-state index contributed by atoms with van der Waals surface area (Å²) in [7, 11) is 1.18. The summed E-state index contributed by atoms with van der Waals surface area (Å²) in [5.41, 5.74) is -2.58. The molecule has 21 heavy (non-hydrogen) atoms. The summed E-state index contributed by atoms with van der Waals surface area (Å²) >= 11 is 0. The number of hydrogen-bond acceptors (Lipinski definition) is 5. The lowest BCUT2D eigenvalue weighted by Crippen LogP contribution is -2.57. The van der Waals surface area contributed by atoms with Gasteiger partial charge in [0.05, 0.1) is 13.0 Å². The first kappa shape index (κ1) is 15.9. The third kappa shape index (κ3) is 2.24. The SMILES string of the molecule is COC(=O)[C@@](C)(O)[C@H]1CC[C@@]2(C)C(=O)C=C[C@@H](C)[C@@H]2C1=O. The number of esters is 1. The minimum Gasteiger partial charge on any atom is -0.467 e. The molecule has 5 atom stereocenters. The van der Waals surface area contributed by atoms with Crippen molar-refractivity contribution in [2.75, 3.05) is 7.11 Å². The van der Waals surface area contributed by atoms with E-state index in [1.165, 1.54) is 14.0 Å². The Balaban J connectivity index is 2.38. The average molecular weight is 294 g/mol. The molecule has 2 aliphatic carbocycles. The van der Waals surface area contributed by atoms with Crippen molar-refractivity contribution in [1.82, 2.24) is 0 Å². The predicted molar refractivity (Wildman–Crippen MR) is 75.3 cm³/mol. The van der Waals surface area contributed by atoms with E-state index in [2.05, 4.69) is 4.74 Å². The average Bonchev–Trinajstić information content (AvgIpc) is 2.42. The van der Waals surface area contributed by atoms with E-state index < -0.39 is 28.8 Å². The zero-order valence-electron chi connectivity index (χ0n) is 12.9. The van der Waals surface area contributed by atoms with Gasteiger partial charge in [0.25, 0.3) is 0 Å². The van der Waals surface area contributed by atoms with Crippen LogP contribution in [-0.4, -0.2) is 35.4 Å². The first-order valence-electron chi connectivity index (χ1n) is 7.23. The summed E-state index contributed by atoms with van der Waals surface area (Å²) in [5.74, 6) is -2.49. The van der Waals surface area contributed by atoms with Crippen LogP contribution in [0, 0.1) is 23.2 Å². The molecular weight excluding hydrogens is 272 g/mol. The van der Waals surface area contributed by atoms with Crippen LogP contribution in [0.2, 0.25) is 0 Å². The van der Waals surface area contributed by atoms with Gasteiger partial charge in [-0.25, -0.2) is 4.79 Å². The Labute approximate surface area is 124 Å². The van der Waals surface area contributed by atoms with E-state index in [4.69, 9.17) is 0 Å². The molecule has 2 rings (SSSR count). The molecule has 0 spiro atoms. The number of hydrogen-bond donors (Lipinski definition) is 1. The third-order valence-corrected chi connectivity index (χ3v) is 5.21. The van der Waals surface area contributed by atoms with Gasteiger partial charge in [0, 0.05) is 11.3 Å². The number of methoxy groups -OCH3 is 1. The largest absolute Gasteiger partial charge is 0.467 e. The lowest BCUT2D eigenvalue weighted by Gasteiger charge is -2.47. The molecule has 0 bridgehead atoms. The number of allylic oxidation sites excluding steroid dienone is 2. The summed E-state index contributed by atoms with van der Waals surface area (Å²) in [6.45, 7) is 5.01. The van der Waals surface area contributed by atoms with E-state index in [0.29, 0.717) is 12.8 Å². The van der Waals surface area contributed by atoms with Crippen LogP contribution in [0.5, 0.6) is 0 Å². The van der Waals surface area contributed by atoms with Crippen LogP contribution < -0.4 is 0 Å². The number of carbonyl (C=O) groups excluding carboxylic acids is 3. The Kier molecular flexibility index (Phi) is 3.82. The van der Waals surface area contributed by atoms with Crippen molar-refractivity contribution in [2.45, 2.75) is 39.2 Å². The molecule has 0 aromatic carbocycles. The molecule has 0 aromatic heterocycles. The van der Waals surface area contributed by atoms with Gasteiger partial charge in [-0.15, -0.1) is 0 Å². The minimum atomic E-state index is -1.85. The molecule has 0 aliphatic heterocycles. The van der Waals surface area contributed by atoms with Crippen LogP contribution in [0.3, 0.4) is 0 Å². The second-order valence-electron chi connectivity index (χ2n) is 6.61. The number of fused-ring (bicyclic) bond motifs is 1. The first-order valence-corrected chi connectivity index (χ1v) is 7.23. The van der Waals surface area contributed by atoms with Crippen LogP contribution in [0.15, 0.2) is 12.2 Å². The van der Waals surface area contributed by atoms with Crippen LogP contribution in [-0.2, 0) is 19.1 Å². The van der Waals surface area contributed by atoms with Crippen molar-refractivity contribution in [3.63, 3.8) is 0 Å². The Bertz CT molecular complexity index is 519. The monoisotopic (exact) mass is 294 g/mol. The highest BCUT2D eigenvalue weighted by molar-refractivity contribution is 6.03. The summed E-state index contributed by atoms with van der Waals surface area (Å²) < 4.78 is 4.60. The van der Waals surface area contributed by atoms with Gasteiger partial charge in [-0.2, -0.15) is 0 Å². The molecule has 5 heteroatoms. The standard InChI is InChI=1S/C16H22O5/c1-9-5-6-11(17)15(2)8-7-10(13(18)12(9)15)16(3,20)14(19)21-4/h5-6,9-10,12,20H,7-8H2,1-4H3/t9-,10+,12-,15+,16+/m1/s1. The zero-order chi connectivity index (χ0) is 16.0. The van der Waals surface area contributed by atoms with Crippen molar-refractivity contribution in [2.24, 2.45) is 23.2 Å². The number of Topliss-reactive ketones (excluding diaryl/α,β-unsaturated/α-hetero) is 1. The highest BCUT2D eigenvalue weighted by Crippen LogP contribution is 2.50. The molecule has 2 aliphatic rings. The summed E-state index contributed by atoms with van der Waals surface area (Å²) in [5, 5.41) is 10.4. The van der Waals surface area contributed by atoms with Gasteiger partial charge in [0.15, 0.2) is 11.4 Å². The van der Waals surface area contributed by atoms with E-state index in [1.54, 1.807) is 19.1 Å². The molecule has 5 nitrogen and oxygen atoms in total. The van der Waals surface area contributed by atoms with Crippen molar-refractivity contribution in [3.8, 4) is 0 Å². The van der Waals surface area contributed by atoms with Gasteiger partial charge < -0.3 is 9.84 Å². The van der Waals surface area contributed by atoms with Crippen molar-refractivity contribution < 1.29 is 24.2 Å². The molecule has 0 amide bonds. The Morgan fingerprint density at radius 3 is 2.67 bits per heavy atom. The Morgan fingerprint density at radius 2 is 2.10 bits per heavy atom. The minimum absolute atomic E-state index is 0.0462. The molecule has 0 saturated heterocycles. The number of rotatable bonds is 2. The van der Waals surface area contributed by atoms with Crippen molar-refractivity contribution in [1.29, 1.82) is 0 Å². The maximum atomic E-state index is 12.8. The number of ether oxygens (including phenoxy) is 1. The van der Waals surface area contributed by atoms with Crippen molar-refractivity contribution in [3.05, 3.63) is 12.2 Å². The fourth-order valence-electron chi connectivity index (χ4n) is 3.84. The quantitative estimate of drug-likeness (QED) is 0.776. The molecule has 1 saturated carbocycles. The topological polar surface area (TPSA) is 80.7 Å². The van der Waals surface area contributed by atoms with Crippen LogP contribution in [0.1, 0.15) is 33.6 Å². The molecule has 0 aromatic rings. The van der Waals surface area contributed by atoms with E-state index in [-0.39, 0.29) is 17.5 Å². The summed E-state index contributed by atoms with van der Waals surface area (Å²) in [6, 6.07) is 0. The lowest BCUT2D eigenvalue weighted by molar-refractivity contribution is -0.175. The molecule has 1 N–H and O–H groups in total. The first-order chi connectivity index (χ1) is 9.66. The van der Waals surface area contributed by atoms with Crippen molar-refractivity contribution >= 4 is 17.5 Å². The van der Waals surface area contributed by atoms with Gasteiger partial charge in [0.2, 0.25) is 0 Å². The van der Waals surface area contributed by atoms with E-state index in [0.717, 1.165) is 0 Å². The summed E-state index contributed by atoms with van der Waals surface area (Å²) in [4.78, 5) is 36.8. The second-order valence-corrected chi connectivity index (χ2v) is 6.61. The summed E-state index contributed by atoms with van der Waals surface area (Å²) in [6.07, 6.45) is 4.07. The fraction of sp³-hybridized carbons (Fsp3) is 0.688. The predicted octanol–water partition coefficient (Wildman–Crippen LogP) is 1.29. The Hall–Kier alpha value is -1.49. The molecular formula is C16H22O5. The molecule has 0 radical (unpaired) electrons. The van der Waals surface area contributed by atoms with Gasteiger partial charge in [-0.3, -0.25) is 9.59 Å². The van der Waals surface area contributed by atoms with E-state index in [1.807, 2.05) is 6.92 Å². The van der Waals surface area contributed by atoms with Crippen LogP contribution in [0.25, 0.3) is 0 Å². The molecule has 0 heterocycles. The van der Waals surface area contributed by atoms with Crippen LogP contribution >= 0.6 is 0 Å². The zero-order valence-corrected chi connectivity index (χ0v) is 12.9. The molecule has 0 unspecified atom stereocenters. The van der Waals surface area contributed by atoms with E-state index >= 15 is 0 Å². The lowest BCUT2D eigenvalue weighted by atomic mass is 9.54. The third-order valence-electron chi connectivity index (χ3n) is 5.21. The highest BCUT2D eigenvalue weighted by atomic mass is 16.5. The maximum absolute atomic E-state index is 12.8. The van der Waals surface area contributed by atoms with Gasteiger partial charge in [0.1, 0.15) is 5.78 Å². The normalized spacial score (nSPS) is 38.6. The number of aliphatic hydroxyl groups is 1. The van der Waals surface area contributed by atoms with Crippen LogP contribution in [0.4, 0.5) is 0 Å². The van der Waals surface area contributed by atoms with Gasteiger partial charge >= 0.3 is 5.97 Å². The molecule has 116 valence electrons. The van der Waals surface area contributed by atoms with Gasteiger partial charge in [-0.1, -0.05) is 19.9 Å². The smallest absolute Gasteiger partial charge is 0.338 e. The highest BCUT2D eigenvalue weighted by Gasteiger charge is 2.57. The second kappa shape index (κ2) is 5.05. The maximum Gasteiger partial charge on any atom is 0.338 e. The number of ketones is 2. The van der Waals surface area contributed by atoms with Gasteiger partial charge in [-0.05, 0) is 31.8 Å². The Morgan fingerprint density at radius 1 is 1.48 bits per heavy atom. The fourth-order valence-corrected chi connectivity index (χ4v) is 3.84. The van der Waals surface area contributed by atoms with E-state index in [9.17, 15) is 19.5 Å². The number of carbonyl (C=O) groups is 3. The molecule has 1 fully saturated rings.